The summed E-state index contributed by atoms with van der Waals surface area (Å²) in [5.74, 6) is -1.10. The molecular weight excluding hydrogens is 414 g/mol. The number of carbonyl (C=O) groups is 2. The van der Waals surface area contributed by atoms with E-state index in [1.807, 2.05) is 19.9 Å². The summed E-state index contributed by atoms with van der Waals surface area (Å²) in [7, 11) is -3.98. The summed E-state index contributed by atoms with van der Waals surface area (Å²) in [6, 6.07) is 19.4. The van der Waals surface area contributed by atoms with Crippen molar-refractivity contribution in [1.29, 1.82) is 0 Å². The van der Waals surface area contributed by atoms with Crippen LogP contribution in [0.1, 0.15) is 21.5 Å². The summed E-state index contributed by atoms with van der Waals surface area (Å²) < 4.78 is 27.8. The van der Waals surface area contributed by atoms with Gasteiger partial charge in [0.1, 0.15) is 6.54 Å². The quantitative estimate of drug-likeness (QED) is 0.591. The fourth-order valence-corrected chi connectivity index (χ4v) is 4.60. The van der Waals surface area contributed by atoms with Crippen molar-refractivity contribution >= 4 is 33.2 Å². The van der Waals surface area contributed by atoms with Gasteiger partial charge in [0.15, 0.2) is 0 Å². The molecule has 0 unspecified atom stereocenters. The molecule has 0 radical (unpaired) electrons. The maximum atomic E-state index is 13.4. The van der Waals surface area contributed by atoms with Crippen LogP contribution in [0.25, 0.3) is 0 Å². The van der Waals surface area contributed by atoms with E-state index in [-0.39, 0.29) is 4.90 Å². The lowest BCUT2D eigenvalue weighted by atomic mass is 10.1. The first kappa shape index (κ1) is 22.0. The number of hydrogen-bond acceptors (Lipinski definition) is 4. The molecule has 3 N–H and O–H groups in total. The number of sulfonamides is 1. The number of amides is 2. The Balaban J connectivity index is 1.93. The summed E-state index contributed by atoms with van der Waals surface area (Å²) in [6.07, 6.45) is 0. The molecule has 0 bridgehead atoms. The lowest BCUT2D eigenvalue weighted by Crippen LogP contribution is -2.38. The first-order valence-electron chi connectivity index (χ1n) is 9.52. The van der Waals surface area contributed by atoms with E-state index in [4.69, 9.17) is 5.73 Å². The first-order chi connectivity index (χ1) is 14.7. The number of hydrogen-bond donors (Lipinski definition) is 2. The third-order valence-electron chi connectivity index (χ3n) is 4.57. The predicted molar refractivity (Wildman–Crippen MR) is 120 cm³/mol. The number of benzene rings is 3. The fraction of sp³-hybridized carbons (Fsp3) is 0.130. The Kier molecular flexibility index (Phi) is 6.41. The lowest BCUT2D eigenvalue weighted by molar-refractivity contribution is -0.114. The first-order valence-corrected chi connectivity index (χ1v) is 11.0. The highest BCUT2D eigenvalue weighted by molar-refractivity contribution is 7.92. The number of rotatable bonds is 7. The van der Waals surface area contributed by atoms with Crippen LogP contribution in [-0.2, 0) is 14.8 Å². The van der Waals surface area contributed by atoms with E-state index in [0.717, 1.165) is 15.4 Å². The third-order valence-corrected chi connectivity index (χ3v) is 6.35. The lowest BCUT2D eigenvalue weighted by Gasteiger charge is -2.25. The maximum absolute atomic E-state index is 13.4. The Hall–Kier alpha value is -3.65. The Morgan fingerprint density at radius 3 is 2.03 bits per heavy atom. The molecule has 0 aliphatic heterocycles. The minimum Gasteiger partial charge on any atom is -0.366 e. The van der Waals surface area contributed by atoms with Gasteiger partial charge in [-0.05, 0) is 73.5 Å². The van der Waals surface area contributed by atoms with Crippen molar-refractivity contribution in [1.82, 2.24) is 0 Å². The zero-order valence-electron chi connectivity index (χ0n) is 17.2. The standard InChI is InChI=1S/C23H23N3O4S/c1-16-12-17(2)14-20(13-16)26(31(29,30)21-6-4-3-5-7-21)15-22(27)25-19-10-8-18(9-11-19)23(24)28/h3-14H,15H2,1-2H3,(H2,24,28)(H,25,27). The molecule has 0 aromatic heterocycles. The molecule has 0 saturated carbocycles. The number of primary amides is 1. The van der Waals surface area contributed by atoms with Crippen LogP contribution < -0.4 is 15.4 Å². The van der Waals surface area contributed by atoms with Gasteiger partial charge in [0.05, 0.1) is 10.6 Å². The SMILES string of the molecule is Cc1cc(C)cc(N(CC(=O)Nc2ccc(C(N)=O)cc2)S(=O)(=O)c2ccccc2)c1. The summed E-state index contributed by atoms with van der Waals surface area (Å²) in [5.41, 5.74) is 8.12. The van der Waals surface area contributed by atoms with Gasteiger partial charge in [0.2, 0.25) is 11.8 Å². The highest BCUT2D eigenvalue weighted by Gasteiger charge is 2.27. The van der Waals surface area contributed by atoms with Crippen LogP contribution in [0, 0.1) is 13.8 Å². The molecule has 3 aromatic rings. The van der Waals surface area contributed by atoms with Crippen LogP contribution in [0.2, 0.25) is 0 Å². The summed E-state index contributed by atoms with van der Waals surface area (Å²) in [5, 5.41) is 2.66. The zero-order chi connectivity index (χ0) is 22.6. The monoisotopic (exact) mass is 437 g/mol. The van der Waals surface area contributed by atoms with Gasteiger partial charge in [0, 0.05) is 11.3 Å². The Morgan fingerprint density at radius 1 is 0.903 bits per heavy atom. The predicted octanol–water partition coefficient (Wildman–Crippen LogP) is 3.24. The van der Waals surface area contributed by atoms with E-state index in [1.165, 1.54) is 36.4 Å². The van der Waals surface area contributed by atoms with Crippen LogP contribution in [0.3, 0.4) is 0 Å². The second-order valence-corrected chi connectivity index (χ2v) is 9.02. The van der Waals surface area contributed by atoms with Gasteiger partial charge in [-0.15, -0.1) is 0 Å². The number of nitrogens with zero attached hydrogens (tertiary/aromatic N) is 1. The zero-order valence-corrected chi connectivity index (χ0v) is 18.0. The molecule has 0 aliphatic carbocycles. The van der Waals surface area contributed by atoms with Crippen molar-refractivity contribution in [2.24, 2.45) is 5.73 Å². The van der Waals surface area contributed by atoms with Gasteiger partial charge in [0.25, 0.3) is 10.0 Å². The van der Waals surface area contributed by atoms with Gasteiger partial charge in [-0.25, -0.2) is 8.42 Å². The summed E-state index contributed by atoms with van der Waals surface area (Å²) >= 11 is 0. The normalized spacial score (nSPS) is 11.0. The van der Waals surface area contributed by atoms with Crippen molar-refractivity contribution in [3.8, 4) is 0 Å². The molecule has 0 heterocycles. The molecule has 160 valence electrons. The van der Waals surface area contributed by atoms with Crippen LogP contribution in [0.4, 0.5) is 11.4 Å². The van der Waals surface area contributed by atoms with E-state index < -0.39 is 28.4 Å². The van der Waals surface area contributed by atoms with E-state index in [2.05, 4.69) is 5.32 Å². The molecule has 31 heavy (non-hydrogen) atoms. The molecule has 0 aliphatic rings. The molecule has 7 nitrogen and oxygen atoms in total. The average Bonchev–Trinajstić information content (AvgIpc) is 2.72. The van der Waals surface area contributed by atoms with Gasteiger partial charge < -0.3 is 11.1 Å². The maximum Gasteiger partial charge on any atom is 0.264 e. The van der Waals surface area contributed by atoms with E-state index in [1.54, 1.807) is 30.3 Å². The molecule has 8 heteroatoms. The Bertz CT molecular complexity index is 1190. The highest BCUT2D eigenvalue weighted by Crippen LogP contribution is 2.26. The van der Waals surface area contributed by atoms with Gasteiger partial charge >= 0.3 is 0 Å². The molecule has 0 spiro atoms. The van der Waals surface area contributed by atoms with Crippen molar-refractivity contribution < 1.29 is 18.0 Å². The van der Waals surface area contributed by atoms with E-state index in [0.29, 0.717) is 16.9 Å². The number of aryl methyl sites for hydroxylation is 2. The fourth-order valence-electron chi connectivity index (χ4n) is 3.18. The van der Waals surface area contributed by atoms with Crippen LogP contribution >= 0.6 is 0 Å². The largest absolute Gasteiger partial charge is 0.366 e. The summed E-state index contributed by atoms with van der Waals surface area (Å²) in [6.45, 7) is 3.31. The average molecular weight is 438 g/mol. The molecule has 3 rings (SSSR count). The number of anilines is 2. The number of nitrogens with one attached hydrogen (secondary N) is 1. The minimum atomic E-state index is -3.98. The smallest absolute Gasteiger partial charge is 0.264 e. The molecule has 2 amide bonds. The van der Waals surface area contributed by atoms with Crippen molar-refractivity contribution in [3.05, 3.63) is 89.5 Å². The van der Waals surface area contributed by atoms with Gasteiger partial charge in [-0.1, -0.05) is 24.3 Å². The molecular formula is C23H23N3O4S. The van der Waals surface area contributed by atoms with Crippen molar-refractivity contribution in [2.75, 3.05) is 16.2 Å². The minimum absolute atomic E-state index is 0.0905. The van der Waals surface area contributed by atoms with Crippen LogP contribution in [0.15, 0.2) is 77.7 Å². The van der Waals surface area contributed by atoms with Gasteiger partial charge in [-0.2, -0.15) is 0 Å². The second kappa shape index (κ2) is 9.01. The van der Waals surface area contributed by atoms with Crippen molar-refractivity contribution in [3.63, 3.8) is 0 Å². The van der Waals surface area contributed by atoms with E-state index in [9.17, 15) is 18.0 Å². The second-order valence-electron chi connectivity index (χ2n) is 7.16. The molecule has 3 aromatic carbocycles. The molecule has 0 saturated heterocycles. The number of nitrogens with two attached hydrogens (primary N) is 1. The highest BCUT2D eigenvalue weighted by atomic mass is 32.2. The van der Waals surface area contributed by atoms with E-state index >= 15 is 0 Å². The Labute approximate surface area is 181 Å². The molecule has 0 atom stereocenters. The summed E-state index contributed by atoms with van der Waals surface area (Å²) in [4.78, 5) is 24.0. The topological polar surface area (TPSA) is 110 Å². The van der Waals surface area contributed by atoms with Crippen LogP contribution in [-0.4, -0.2) is 26.8 Å². The molecule has 0 fully saturated rings. The number of carbonyl (C=O) groups excluding carboxylic acids is 2. The van der Waals surface area contributed by atoms with Crippen molar-refractivity contribution in [2.45, 2.75) is 18.7 Å². The van der Waals surface area contributed by atoms with Gasteiger partial charge in [-0.3, -0.25) is 13.9 Å². The van der Waals surface area contributed by atoms with Crippen LogP contribution in [0.5, 0.6) is 0 Å². The third kappa shape index (κ3) is 5.29. The Morgan fingerprint density at radius 2 is 1.48 bits per heavy atom.